The number of hydrogen-bond donors (Lipinski definition) is 1. The van der Waals surface area contributed by atoms with Gasteiger partial charge in [0.15, 0.2) is 0 Å². The summed E-state index contributed by atoms with van der Waals surface area (Å²) >= 11 is 0. The lowest BCUT2D eigenvalue weighted by molar-refractivity contribution is 0.0184. The summed E-state index contributed by atoms with van der Waals surface area (Å²) in [7, 11) is 0. The average Bonchev–Trinajstić information content (AvgIpc) is 2.96. The number of likely N-dealkylation sites (tertiary alicyclic amines) is 1. The van der Waals surface area contributed by atoms with Crippen molar-refractivity contribution >= 4 is 11.9 Å². The van der Waals surface area contributed by atoms with Crippen molar-refractivity contribution < 1.29 is 9.53 Å². The fourth-order valence-electron chi connectivity index (χ4n) is 3.14. The molecule has 1 aliphatic rings. The highest BCUT2D eigenvalue weighted by Gasteiger charge is 2.28. The third kappa shape index (κ3) is 3.95. The quantitative estimate of drug-likeness (QED) is 0.886. The van der Waals surface area contributed by atoms with Crippen LogP contribution in [0.15, 0.2) is 18.6 Å². The molecule has 140 valence electrons. The number of piperidine rings is 1. The third-order valence-electron chi connectivity index (χ3n) is 4.45. The normalized spacial score (nSPS) is 15.9. The van der Waals surface area contributed by atoms with E-state index in [9.17, 15) is 4.79 Å². The van der Waals surface area contributed by atoms with E-state index >= 15 is 0 Å². The predicted molar refractivity (Wildman–Crippen MR) is 98.5 cm³/mol. The van der Waals surface area contributed by atoms with Crippen LogP contribution in [0.5, 0.6) is 0 Å². The van der Waals surface area contributed by atoms with Crippen molar-refractivity contribution in [3.05, 3.63) is 24.3 Å². The van der Waals surface area contributed by atoms with E-state index in [1.165, 1.54) is 0 Å². The lowest BCUT2D eigenvalue weighted by Gasteiger charge is -2.33. The van der Waals surface area contributed by atoms with Gasteiger partial charge in [-0.05, 0) is 40.5 Å². The Morgan fingerprint density at radius 2 is 1.88 bits per heavy atom. The molecule has 2 aromatic rings. The summed E-state index contributed by atoms with van der Waals surface area (Å²) in [4.78, 5) is 22.4. The van der Waals surface area contributed by atoms with E-state index in [1.807, 2.05) is 38.6 Å². The maximum absolute atomic E-state index is 12.2. The molecule has 26 heavy (non-hydrogen) atoms. The summed E-state index contributed by atoms with van der Waals surface area (Å²) in [6.07, 6.45) is 6.46. The fourth-order valence-corrected chi connectivity index (χ4v) is 3.14. The van der Waals surface area contributed by atoms with Crippen LogP contribution in [0.3, 0.4) is 0 Å². The van der Waals surface area contributed by atoms with Crippen LogP contribution in [-0.2, 0) is 4.74 Å². The Labute approximate surface area is 153 Å². The minimum Gasteiger partial charge on any atom is -0.444 e. The van der Waals surface area contributed by atoms with E-state index in [-0.39, 0.29) is 12.1 Å². The first-order valence-electron chi connectivity index (χ1n) is 8.84. The van der Waals surface area contributed by atoms with Crippen molar-refractivity contribution in [1.29, 1.82) is 0 Å². The maximum Gasteiger partial charge on any atom is 0.410 e. The highest BCUT2D eigenvalue weighted by molar-refractivity contribution is 5.68. The molecule has 1 amide bonds. The number of rotatable bonds is 2. The van der Waals surface area contributed by atoms with E-state index in [0.29, 0.717) is 18.9 Å². The van der Waals surface area contributed by atoms with Gasteiger partial charge in [-0.2, -0.15) is 5.10 Å². The zero-order chi connectivity index (χ0) is 18.9. The van der Waals surface area contributed by atoms with Gasteiger partial charge < -0.3 is 15.4 Å². The second-order valence-electron chi connectivity index (χ2n) is 7.61. The molecule has 0 unspecified atom stereocenters. The Hall–Kier alpha value is -2.64. The first-order valence-corrected chi connectivity index (χ1v) is 8.84. The van der Waals surface area contributed by atoms with Crippen molar-refractivity contribution in [3.63, 3.8) is 0 Å². The number of aromatic nitrogens is 4. The molecule has 1 saturated heterocycles. The molecule has 0 atom stereocenters. The number of hydrogen-bond acceptors (Lipinski definition) is 6. The van der Waals surface area contributed by atoms with Crippen molar-refractivity contribution in [2.75, 3.05) is 18.8 Å². The molecule has 0 radical (unpaired) electrons. The Morgan fingerprint density at radius 1 is 1.19 bits per heavy atom. The van der Waals surface area contributed by atoms with Gasteiger partial charge in [-0.3, -0.25) is 9.67 Å². The molecule has 3 heterocycles. The van der Waals surface area contributed by atoms with Crippen LogP contribution >= 0.6 is 0 Å². The van der Waals surface area contributed by atoms with Crippen LogP contribution in [0, 0.1) is 6.92 Å². The maximum atomic E-state index is 12.2. The Bertz CT molecular complexity index is 770. The van der Waals surface area contributed by atoms with Crippen LogP contribution < -0.4 is 5.73 Å². The highest BCUT2D eigenvalue weighted by atomic mass is 16.6. The Kier molecular flexibility index (Phi) is 4.84. The molecule has 3 rings (SSSR count). The molecule has 1 fully saturated rings. The highest BCUT2D eigenvalue weighted by Crippen LogP contribution is 2.28. The molecule has 8 heteroatoms. The van der Waals surface area contributed by atoms with Gasteiger partial charge in [0, 0.05) is 24.3 Å². The van der Waals surface area contributed by atoms with Crippen molar-refractivity contribution in [3.8, 4) is 11.3 Å². The number of carbonyl (C=O) groups excluding carboxylic acids is 1. The number of amides is 1. The van der Waals surface area contributed by atoms with Crippen molar-refractivity contribution in [2.45, 2.75) is 52.2 Å². The lowest BCUT2D eigenvalue weighted by atomic mass is 10.0. The monoisotopic (exact) mass is 358 g/mol. The summed E-state index contributed by atoms with van der Waals surface area (Å²) in [6, 6.07) is 0.254. The molecule has 0 aromatic carbocycles. The topological polar surface area (TPSA) is 99.2 Å². The zero-order valence-corrected chi connectivity index (χ0v) is 15.8. The zero-order valence-electron chi connectivity index (χ0n) is 15.8. The molecule has 0 bridgehead atoms. The summed E-state index contributed by atoms with van der Waals surface area (Å²) in [6.45, 7) is 9.00. The molecule has 0 spiro atoms. The average molecular weight is 358 g/mol. The molecule has 8 nitrogen and oxygen atoms in total. The minimum absolute atomic E-state index is 0.244. The SMILES string of the molecule is Cc1c(-c2cnc(N)cn2)cnn1C1CCN(C(=O)OC(C)(C)C)CC1. The van der Waals surface area contributed by atoms with Crippen molar-refractivity contribution in [2.24, 2.45) is 0 Å². The van der Waals surface area contributed by atoms with Gasteiger partial charge in [-0.1, -0.05) is 0 Å². The largest absolute Gasteiger partial charge is 0.444 e. The summed E-state index contributed by atoms with van der Waals surface area (Å²) in [5.41, 5.74) is 7.88. The van der Waals surface area contributed by atoms with Crippen LogP contribution in [0.25, 0.3) is 11.3 Å². The first kappa shape index (κ1) is 18.2. The number of nitrogen functional groups attached to an aromatic ring is 1. The number of anilines is 1. The van der Waals surface area contributed by atoms with Gasteiger partial charge >= 0.3 is 6.09 Å². The van der Waals surface area contributed by atoms with Crippen LogP contribution in [0.4, 0.5) is 10.6 Å². The smallest absolute Gasteiger partial charge is 0.410 e. The van der Waals surface area contributed by atoms with Gasteiger partial charge in [0.1, 0.15) is 11.4 Å². The summed E-state index contributed by atoms with van der Waals surface area (Å²) < 4.78 is 7.48. The van der Waals surface area contributed by atoms with Crippen molar-refractivity contribution in [1.82, 2.24) is 24.6 Å². The minimum atomic E-state index is -0.471. The van der Waals surface area contributed by atoms with Gasteiger partial charge in [-0.25, -0.2) is 9.78 Å². The van der Waals surface area contributed by atoms with Gasteiger partial charge in [-0.15, -0.1) is 0 Å². The van der Waals surface area contributed by atoms with E-state index in [2.05, 4.69) is 15.1 Å². The standard InChI is InChI=1S/C18H26N6O2/c1-12-14(15-10-21-16(19)11-20-15)9-22-24(12)13-5-7-23(8-6-13)17(25)26-18(2,3)4/h9-11,13H,5-8H2,1-4H3,(H2,19,21). The van der Waals surface area contributed by atoms with Crippen LogP contribution in [-0.4, -0.2) is 49.4 Å². The predicted octanol–water partition coefficient (Wildman–Crippen LogP) is 2.80. The van der Waals surface area contributed by atoms with E-state index < -0.39 is 5.60 Å². The molecule has 0 saturated carbocycles. The van der Waals surface area contributed by atoms with Crippen LogP contribution in [0.2, 0.25) is 0 Å². The van der Waals surface area contributed by atoms with Gasteiger partial charge in [0.25, 0.3) is 0 Å². The first-order chi connectivity index (χ1) is 12.2. The molecular weight excluding hydrogens is 332 g/mol. The second-order valence-corrected chi connectivity index (χ2v) is 7.61. The van der Waals surface area contributed by atoms with E-state index in [4.69, 9.17) is 10.5 Å². The fraction of sp³-hybridized carbons (Fsp3) is 0.556. The second kappa shape index (κ2) is 6.93. The molecular formula is C18H26N6O2. The Balaban J connectivity index is 1.67. The lowest BCUT2D eigenvalue weighted by Crippen LogP contribution is -2.42. The number of nitrogens with zero attached hydrogens (tertiary/aromatic N) is 5. The number of nitrogens with two attached hydrogens (primary N) is 1. The van der Waals surface area contributed by atoms with Gasteiger partial charge in [0.2, 0.25) is 0 Å². The number of carbonyl (C=O) groups is 1. The molecule has 1 aliphatic heterocycles. The van der Waals surface area contributed by atoms with E-state index in [0.717, 1.165) is 29.8 Å². The van der Waals surface area contributed by atoms with Gasteiger partial charge in [0.05, 0.1) is 30.3 Å². The third-order valence-corrected chi connectivity index (χ3v) is 4.45. The van der Waals surface area contributed by atoms with Crippen LogP contribution in [0.1, 0.15) is 45.3 Å². The number of ether oxygens (including phenoxy) is 1. The Morgan fingerprint density at radius 3 is 2.46 bits per heavy atom. The summed E-state index contributed by atoms with van der Waals surface area (Å²) in [5, 5.41) is 4.55. The molecule has 2 aromatic heterocycles. The van der Waals surface area contributed by atoms with E-state index in [1.54, 1.807) is 17.3 Å². The molecule has 2 N–H and O–H groups in total. The molecule has 0 aliphatic carbocycles. The summed E-state index contributed by atoms with van der Waals surface area (Å²) in [5.74, 6) is 0.397.